The number of aliphatic hydroxyl groups is 1. The number of benzene rings is 1. The second-order valence-electron chi connectivity index (χ2n) is 7.82. The van der Waals surface area contributed by atoms with Crippen LogP contribution in [0.3, 0.4) is 0 Å². The molecule has 1 fully saturated rings. The van der Waals surface area contributed by atoms with Crippen LogP contribution in [0.2, 0.25) is 0 Å². The van der Waals surface area contributed by atoms with Crippen molar-refractivity contribution in [2.45, 2.75) is 39.7 Å². The maximum atomic E-state index is 12.8. The number of amides is 2. The lowest BCUT2D eigenvalue weighted by atomic mass is 10.1. The van der Waals surface area contributed by atoms with E-state index in [4.69, 9.17) is 10.4 Å². The Bertz CT molecular complexity index is 1190. The molecule has 0 unspecified atom stereocenters. The van der Waals surface area contributed by atoms with E-state index in [0.717, 1.165) is 46.1 Å². The number of ether oxygens (including phenoxy) is 1. The highest BCUT2D eigenvalue weighted by atomic mass is 16.5. The molecule has 1 saturated heterocycles. The number of hydrogen-bond acceptors (Lipinski definition) is 7. The van der Waals surface area contributed by atoms with Crippen LogP contribution in [0.5, 0.6) is 0 Å². The molecule has 2 N–H and O–H groups in total. The van der Waals surface area contributed by atoms with Crippen molar-refractivity contribution in [1.82, 2.24) is 19.4 Å². The van der Waals surface area contributed by atoms with Gasteiger partial charge in [-0.3, -0.25) is 19.5 Å². The van der Waals surface area contributed by atoms with Gasteiger partial charge in [-0.05, 0) is 57.4 Å². The highest BCUT2D eigenvalue weighted by Gasteiger charge is 2.21. The van der Waals surface area contributed by atoms with E-state index in [9.17, 15) is 9.59 Å². The van der Waals surface area contributed by atoms with Gasteiger partial charge in [-0.15, -0.1) is 0 Å². The summed E-state index contributed by atoms with van der Waals surface area (Å²) < 4.78 is 6.33. The van der Waals surface area contributed by atoms with Gasteiger partial charge in [-0.1, -0.05) is 6.07 Å². The first-order chi connectivity index (χ1) is 17.5. The Hall–Kier alpha value is -3.81. The zero-order valence-corrected chi connectivity index (χ0v) is 21.3. The molecule has 0 aliphatic carbocycles. The fourth-order valence-electron chi connectivity index (χ4n) is 3.71. The van der Waals surface area contributed by atoms with E-state index in [1.807, 2.05) is 24.8 Å². The molecule has 0 radical (unpaired) electrons. The first kappa shape index (κ1) is 28.4. The van der Waals surface area contributed by atoms with E-state index < -0.39 is 0 Å². The summed E-state index contributed by atoms with van der Waals surface area (Å²) in [6.07, 6.45) is 4.78. The average Bonchev–Trinajstić information content (AvgIpc) is 3.30. The van der Waals surface area contributed by atoms with E-state index in [2.05, 4.69) is 20.0 Å². The molecule has 10 heteroatoms. The molecule has 1 aromatic carbocycles. The second kappa shape index (κ2) is 14.6. The molecule has 0 spiro atoms. The lowest BCUT2D eigenvalue weighted by Gasteiger charge is -2.26. The summed E-state index contributed by atoms with van der Waals surface area (Å²) in [5.74, 6) is -0.0364. The van der Waals surface area contributed by atoms with Crippen molar-refractivity contribution in [3.05, 3.63) is 53.2 Å². The lowest BCUT2D eigenvalue weighted by molar-refractivity contribution is 0.0724. The van der Waals surface area contributed by atoms with Crippen LogP contribution in [-0.4, -0.2) is 70.3 Å². The highest BCUT2D eigenvalue weighted by molar-refractivity contribution is 6.04. The topological polar surface area (TPSA) is 133 Å². The molecule has 3 heterocycles. The van der Waals surface area contributed by atoms with Crippen molar-refractivity contribution < 1.29 is 19.4 Å². The van der Waals surface area contributed by atoms with E-state index in [1.54, 1.807) is 42.1 Å². The summed E-state index contributed by atoms with van der Waals surface area (Å²) >= 11 is 0. The zero-order chi connectivity index (χ0) is 26.5. The summed E-state index contributed by atoms with van der Waals surface area (Å²) in [7, 11) is 2.68. The van der Waals surface area contributed by atoms with Gasteiger partial charge < -0.3 is 14.7 Å². The number of carbonyl (C=O) groups is 2. The SMILES string of the molecule is CCOC.CCn1c(NC(=O)c2cccc(C#N)c2)nc2cc(C(=O)N3CCCCC3)cnc21.CO. The van der Waals surface area contributed by atoms with Gasteiger partial charge >= 0.3 is 0 Å². The minimum Gasteiger partial charge on any atom is -0.400 e. The summed E-state index contributed by atoms with van der Waals surface area (Å²) in [6.45, 7) is 6.80. The minimum atomic E-state index is -0.360. The Balaban J connectivity index is 0.000000694. The molecule has 1 aliphatic heterocycles. The molecule has 0 atom stereocenters. The van der Waals surface area contributed by atoms with Crippen molar-refractivity contribution in [2.75, 3.05) is 39.2 Å². The van der Waals surface area contributed by atoms with Crippen LogP contribution in [0.25, 0.3) is 11.2 Å². The Morgan fingerprint density at radius 3 is 2.44 bits per heavy atom. The first-order valence-electron chi connectivity index (χ1n) is 11.9. The van der Waals surface area contributed by atoms with Crippen LogP contribution >= 0.6 is 0 Å². The van der Waals surface area contributed by atoms with Gasteiger partial charge in [0.2, 0.25) is 5.95 Å². The minimum absolute atomic E-state index is 0.0333. The molecular formula is C26H34N6O4. The number of aryl methyl sites for hydroxylation is 1. The third-order valence-corrected chi connectivity index (χ3v) is 5.56. The molecule has 4 rings (SSSR count). The van der Waals surface area contributed by atoms with E-state index in [-0.39, 0.29) is 11.8 Å². The summed E-state index contributed by atoms with van der Waals surface area (Å²) in [6, 6.07) is 10.2. The zero-order valence-electron chi connectivity index (χ0n) is 21.3. The van der Waals surface area contributed by atoms with Crippen LogP contribution < -0.4 is 5.32 Å². The number of nitriles is 1. The Morgan fingerprint density at radius 1 is 1.14 bits per heavy atom. The second-order valence-corrected chi connectivity index (χ2v) is 7.82. The summed E-state index contributed by atoms with van der Waals surface area (Å²) in [5.41, 5.74) is 2.45. The molecule has 0 bridgehead atoms. The Kier molecular flexibility index (Phi) is 11.5. The normalized spacial score (nSPS) is 12.5. The number of nitrogens with one attached hydrogen (secondary N) is 1. The number of hydrogen-bond donors (Lipinski definition) is 2. The van der Waals surface area contributed by atoms with Crippen molar-refractivity contribution in [1.29, 1.82) is 5.26 Å². The van der Waals surface area contributed by atoms with Gasteiger partial charge in [0.1, 0.15) is 5.52 Å². The number of fused-ring (bicyclic) bond motifs is 1. The van der Waals surface area contributed by atoms with Gasteiger partial charge in [-0.2, -0.15) is 5.26 Å². The van der Waals surface area contributed by atoms with Crippen LogP contribution in [0, 0.1) is 11.3 Å². The molecular weight excluding hydrogens is 460 g/mol. The van der Waals surface area contributed by atoms with Gasteiger partial charge in [0.15, 0.2) is 5.65 Å². The van der Waals surface area contributed by atoms with E-state index >= 15 is 0 Å². The smallest absolute Gasteiger partial charge is 0.258 e. The third-order valence-electron chi connectivity index (χ3n) is 5.56. The van der Waals surface area contributed by atoms with Crippen LogP contribution in [0.1, 0.15) is 59.4 Å². The maximum absolute atomic E-state index is 12.8. The fourth-order valence-corrected chi connectivity index (χ4v) is 3.71. The number of aliphatic hydroxyl groups excluding tert-OH is 1. The van der Waals surface area contributed by atoms with Crippen LogP contribution in [0.15, 0.2) is 36.5 Å². The lowest BCUT2D eigenvalue weighted by Crippen LogP contribution is -2.35. The fraction of sp³-hybridized carbons (Fsp3) is 0.423. The standard InChI is InChI=1S/C22H22N6O2.C3H8O.CH4O/c1-2-28-19-18(12-17(14-24-19)21(30)27-9-4-3-5-10-27)25-22(28)26-20(29)16-8-6-7-15(11-16)13-23;1-3-4-2;1-2/h6-8,11-12,14H,2-5,9-10H2,1H3,(H,25,26,29);3H2,1-2H3;2H,1H3. The first-order valence-corrected chi connectivity index (χ1v) is 11.9. The molecule has 36 heavy (non-hydrogen) atoms. The van der Waals surface area contributed by atoms with Crippen molar-refractivity contribution in [2.24, 2.45) is 0 Å². The summed E-state index contributed by atoms with van der Waals surface area (Å²) in [5, 5.41) is 18.8. The van der Waals surface area contributed by atoms with Gasteiger partial charge in [-0.25, -0.2) is 9.97 Å². The molecule has 0 saturated carbocycles. The quantitative estimate of drug-likeness (QED) is 0.555. The number of aromatic nitrogens is 3. The number of likely N-dealkylation sites (tertiary alicyclic amines) is 1. The van der Waals surface area contributed by atoms with Crippen molar-refractivity contribution in [3.63, 3.8) is 0 Å². The molecule has 192 valence electrons. The van der Waals surface area contributed by atoms with Crippen molar-refractivity contribution in [3.8, 4) is 6.07 Å². The molecule has 2 aromatic heterocycles. The number of anilines is 1. The maximum Gasteiger partial charge on any atom is 0.258 e. The van der Waals surface area contributed by atoms with Gasteiger partial charge in [0.05, 0.1) is 17.2 Å². The predicted molar refractivity (Wildman–Crippen MR) is 138 cm³/mol. The largest absolute Gasteiger partial charge is 0.400 e. The number of methoxy groups -OCH3 is 1. The molecule has 3 aromatic rings. The third kappa shape index (κ3) is 7.10. The number of rotatable bonds is 5. The summed E-state index contributed by atoms with van der Waals surface area (Å²) in [4.78, 5) is 36.3. The number of piperidine rings is 1. The van der Waals surface area contributed by atoms with Gasteiger partial charge in [0, 0.05) is 52.2 Å². The number of pyridine rings is 1. The Labute approximate surface area is 211 Å². The number of imidazole rings is 1. The molecule has 1 aliphatic rings. The van der Waals surface area contributed by atoms with Crippen LogP contribution in [-0.2, 0) is 11.3 Å². The number of nitrogens with zero attached hydrogens (tertiary/aromatic N) is 5. The van der Waals surface area contributed by atoms with E-state index in [0.29, 0.717) is 40.3 Å². The Morgan fingerprint density at radius 2 is 1.83 bits per heavy atom. The van der Waals surface area contributed by atoms with E-state index in [1.165, 1.54) is 6.07 Å². The number of carbonyl (C=O) groups excluding carboxylic acids is 2. The molecule has 10 nitrogen and oxygen atoms in total. The van der Waals surface area contributed by atoms with Crippen molar-refractivity contribution >= 4 is 28.9 Å². The van der Waals surface area contributed by atoms with Gasteiger partial charge in [0.25, 0.3) is 11.8 Å². The van der Waals surface area contributed by atoms with Crippen LogP contribution in [0.4, 0.5) is 5.95 Å². The average molecular weight is 495 g/mol. The molecule has 2 amide bonds. The highest BCUT2D eigenvalue weighted by Crippen LogP contribution is 2.21. The predicted octanol–water partition coefficient (Wildman–Crippen LogP) is 3.46. The monoisotopic (exact) mass is 494 g/mol.